The fraction of sp³-hybridized carbons (Fsp3) is 0.625. The molecule has 3 nitrogen and oxygen atoms in total. The van der Waals surface area contributed by atoms with Crippen molar-refractivity contribution in [1.29, 1.82) is 0 Å². The minimum Gasteiger partial charge on any atom is -0.387 e. The molecular weight excluding hydrogens is 140 g/mol. The Morgan fingerprint density at radius 1 is 1.45 bits per heavy atom. The first-order chi connectivity index (χ1) is 5.02. The fourth-order valence-corrected chi connectivity index (χ4v) is 0.710. The van der Waals surface area contributed by atoms with Gasteiger partial charge in [-0.15, -0.1) is 0 Å². The summed E-state index contributed by atoms with van der Waals surface area (Å²) in [6.07, 6.45) is 3.02. The van der Waals surface area contributed by atoms with Gasteiger partial charge in [-0.3, -0.25) is 0 Å². The van der Waals surface area contributed by atoms with Crippen molar-refractivity contribution < 1.29 is 4.84 Å². The zero-order valence-electron chi connectivity index (χ0n) is 7.59. The fourth-order valence-electron chi connectivity index (χ4n) is 0.710. The second-order valence-corrected chi connectivity index (χ2v) is 3.25. The number of hydrogen-bond donors (Lipinski definition) is 1. The van der Waals surface area contributed by atoms with Crippen molar-refractivity contribution >= 4 is 6.34 Å². The monoisotopic (exact) mass is 156 g/mol. The van der Waals surface area contributed by atoms with Gasteiger partial charge in [0.05, 0.1) is 0 Å². The lowest BCUT2D eigenvalue weighted by Crippen LogP contribution is -2.10. The molecule has 0 radical (unpaired) electrons. The Kier molecular flexibility index (Phi) is 3.65. The van der Waals surface area contributed by atoms with Crippen molar-refractivity contribution in [3.05, 3.63) is 11.8 Å². The predicted molar refractivity (Wildman–Crippen MR) is 47.0 cm³/mol. The second-order valence-electron chi connectivity index (χ2n) is 3.25. The van der Waals surface area contributed by atoms with Crippen LogP contribution in [-0.4, -0.2) is 6.34 Å². The Hall–Kier alpha value is -0.990. The van der Waals surface area contributed by atoms with Crippen LogP contribution in [0.15, 0.2) is 17.0 Å². The van der Waals surface area contributed by atoms with Gasteiger partial charge in [-0.05, 0) is 13.0 Å². The molecule has 0 saturated heterocycles. The molecule has 0 heterocycles. The van der Waals surface area contributed by atoms with Gasteiger partial charge in [0.25, 0.3) is 0 Å². The van der Waals surface area contributed by atoms with Crippen LogP contribution in [0.4, 0.5) is 0 Å². The Morgan fingerprint density at radius 3 is 2.27 bits per heavy atom. The minimum atomic E-state index is -0.0126. The highest BCUT2D eigenvalue weighted by Gasteiger charge is 2.17. The summed E-state index contributed by atoms with van der Waals surface area (Å²) in [6, 6.07) is 0. The number of hydrogen-bond acceptors (Lipinski definition) is 2. The van der Waals surface area contributed by atoms with Crippen LogP contribution in [0.5, 0.6) is 0 Å². The maximum Gasteiger partial charge on any atom is 0.136 e. The average molecular weight is 156 g/mol. The molecule has 2 N–H and O–H groups in total. The molecule has 0 fully saturated rings. The van der Waals surface area contributed by atoms with E-state index in [0.29, 0.717) is 0 Å². The summed E-state index contributed by atoms with van der Waals surface area (Å²) in [4.78, 5) is 5.01. The maximum atomic E-state index is 5.03. The van der Waals surface area contributed by atoms with Crippen molar-refractivity contribution in [3.63, 3.8) is 0 Å². The Morgan fingerprint density at radius 2 is 2.00 bits per heavy atom. The van der Waals surface area contributed by atoms with Gasteiger partial charge in [-0.2, -0.15) is 0 Å². The summed E-state index contributed by atoms with van der Waals surface area (Å²) in [5.74, 6) is 0.819. The van der Waals surface area contributed by atoms with Crippen LogP contribution < -0.4 is 5.73 Å². The lowest BCUT2D eigenvalue weighted by molar-refractivity contribution is 0.161. The van der Waals surface area contributed by atoms with E-state index < -0.39 is 0 Å². The molecule has 0 aliphatic carbocycles. The van der Waals surface area contributed by atoms with Crippen LogP contribution >= 0.6 is 0 Å². The molecular formula is C8H16N2O. The number of nitrogens with two attached hydrogens (primary N) is 1. The summed E-state index contributed by atoms with van der Waals surface area (Å²) in [6.45, 7) is 8.06. The van der Waals surface area contributed by atoms with Crippen LogP contribution in [0.1, 0.15) is 27.7 Å². The SMILES string of the molecule is C/C=C(\O/N=C\N)C(C)(C)C. The highest BCUT2D eigenvalue weighted by atomic mass is 16.6. The summed E-state index contributed by atoms with van der Waals surface area (Å²) in [5.41, 5.74) is 5.02. The molecule has 0 atom stereocenters. The molecule has 0 rings (SSSR count). The molecule has 64 valence electrons. The quantitative estimate of drug-likeness (QED) is 0.287. The first-order valence-corrected chi connectivity index (χ1v) is 3.59. The van der Waals surface area contributed by atoms with E-state index in [1.807, 2.05) is 33.8 Å². The zero-order valence-corrected chi connectivity index (χ0v) is 7.59. The summed E-state index contributed by atoms with van der Waals surface area (Å²) in [5, 5.41) is 3.49. The molecule has 0 aliphatic heterocycles. The van der Waals surface area contributed by atoms with Crippen LogP contribution in [0.2, 0.25) is 0 Å². The van der Waals surface area contributed by atoms with Gasteiger partial charge in [0.1, 0.15) is 12.1 Å². The van der Waals surface area contributed by atoms with E-state index in [1.54, 1.807) is 0 Å². The Balaban J connectivity index is 4.21. The second kappa shape index (κ2) is 4.01. The molecule has 0 spiro atoms. The van der Waals surface area contributed by atoms with Crippen LogP contribution in [0.25, 0.3) is 0 Å². The third-order valence-electron chi connectivity index (χ3n) is 1.21. The lowest BCUT2D eigenvalue weighted by Gasteiger charge is -2.19. The van der Waals surface area contributed by atoms with E-state index in [1.165, 1.54) is 0 Å². The van der Waals surface area contributed by atoms with Crippen molar-refractivity contribution in [3.8, 4) is 0 Å². The van der Waals surface area contributed by atoms with Crippen LogP contribution in [0, 0.1) is 5.41 Å². The Labute approximate surface area is 67.9 Å². The molecule has 0 amide bonds. The third-order valence-corrected chi connectivity index (χ3v) is 1.21. The van der Waals surface area contributed by atoms with Crippen molar-refractivity contribution in [2.24, 2.45) is 16.3 Å². The highest BCUT2D eigenvalue weighted by Crippen LogP contribution is 2.25. The smallest absolute Gasteiger partial charge is 0.136 e. The van der Waals surface area contributed by atoms with E-state index in [2.05, 4.69) is 5.16 Å². The van der Waals surface area contributed by atoms with Crippen LogP contribution in [-0.2, 0) is 4.84 Å². The van der Waals surface area contributed by atoms with Crippen LogP contribution in [0.3, 0.4) is 0 Å². The van der Waals surface area contributed by atoms with E-state index in [-0.39, 0.29) is 5.41 Å². The van der Waals surface area contributed by atoms with E-state index in [9.17, 15) is 0 Å². The van der Waals surface area contributed by atoms with E-state index in [4.69, 9.17) is 10.6 Å². The molecule has 11 heavy (non-hydrogen) atoms. The van der Waals surface area contributed by atoms with E-state index in [0.717, 1.165) is 12.1 Å². The zero-order chi connectivity index (χ0) is 8.91. The first-order valence-electron chi connectivity index (χ1n) is 3.59. The molecule has 0 bridgehead atoms. The summed E-state index contributed by atoms with van der Waals surface area (Å²) < 4.78 is 0. The van der Waals surface area contributed by atoms with Gasteiger partial charge < -0.3 is 10.6 Å². The van der Waals surface area contributed by atoms with Gasteiger partial charge in [0.2, 0.25) is 0 Å². The first kappa shape index (κ1) is 10.0. The van der Waals surface area contributed by atoms with E-state index >= 15 is 0 Å². The van der Waals surface area contributed by atoms with Gasteiger partial charge in [0.15, 0.2) is 0 Å². The topological polar surface area (TPSA) is 47.6 Å². The molecule has 0 aromatic rings. The highest BCUT2D eigenvalue weighted by molar-refractivity contribution is 5.50. The van der Waals surface area contributed by atoms with Crippen molar-refractivity contribution in [1.82, 2.24) is 0 Å². The maximum absolute atomic E-state index is 5.03. The molecule has 0 aliphatic rings. The molecule has 0 aromatic carbocycles. The van der Waals surface area contributed by atoms with Gasteiger partial charge in [-0.25, -0.2) is 0 Å². The molecule has 0 unspecified atom stereocenters. The summed E-state index contributed by atoms with van der Waals surface area (Å²) in [7, 11) is 0. The Bertz CT molecular complexity index is 165. The van der Waals surface area contributed by atoms with Crippen molar-refractivity contribution in [2.45, 2.75) is 27.7 Å². The minimum absolute atomic E-state index is 0.0126. The molecule has 3 heteroatoms. The van der Waals surface area contributed by atoms with Gasteiger partial charge in [0, 0.05) is 5.41 Å². The average Bonchev–Trinajstić information content (AvgIpc) is 1.87. The normalized spacial score (nSPS) is 14.0. The molecule has 0 aromatic heterocycles. The largest absolute Gasteiger partial charge is 0.387 e. The number of nitrogens with zero attached hydrogens (tertiary/aromatic N) is 1. The molecule has 0 saturated carbocycles. The predicted octanol–water partition coefficient (Wildman–Crippen LogP) is 1.85. The van der Waals surface area contributed by atoms with Crippen molar-refractivity contribution in [2.75, 3.05) is 0 Å². The lowest BCUT2D eigenvalue weighted by atomic mass is 9.94. The number of rotatable bonds is 2. The third kappa shape index (κ3) is 3.65. The number of allylic oxidation sites excluding steroid dienone is 2. The number of oxime groups is 1. The van der Waals surface area contributed by atoms with Gasteiger partial charge >= 0.3 is 0 Å². The van der Waals surface area contributed by atoms with Gasteiger partial charge in [-0.1, -0.05) is 25.9 Å². The summed E-state index contributed by atoms with van der Waals surface area (Å²) >= 11 is 0. The standard InChI is InChI=1S/C8H16N2O/c1-5-7(8(2,3)4)11-10-6-9/h5-6H,1-4H3,(H2,9,10)/b7-5-.